The number of H-pyrrole nitrogens is 1. The van der Waals surface area contributed by atoms with Crippen molar-refractivity contribution in [3.8, 4) is 11.3 Å². The lowest BCUT2D eigenvalue weighted by Gasteiger charge is -2.05. The van der Waals surface area contributed by atoms with Crippen LogP contribution >= 0.6 is 0 Å². The summed E-state index contributed by atoms with van der Waals surface area (Å²) in [4.78, 5) is 3.41. The average Bonchev–Trinajstić information content (AvgIpc) is 2.93. The summed E-state index contributed by atoms with van der Waals surface area (Å²) in [7, 11) is 0. The highest BCUT2D eigenvalue weighted by molar-refractivity contribution is 5.94. The number of aromatic amines is 1. The Morgan fingerprint density at radius 2 is 1.90 bits per heavy atom. The van der Waals surface area contributed by atoms with Crippen molar-refractivity contribution >= 4 is 16.6 Å². The van der Waals surface area contributed by atoms with Gasteiger partial charge in [0.15, 0.2) is 0 Å². The third kappa shape index (κ3) is 2.93. The van der Waals surface area contributed by atoms with Gasteiger partial charge in [0.05, 0.1) is 17.8 Å². The molecule has 1 aromatic heterocycles. The number of nitrogen functional groups attached to an aromatic ring is 1. The molecule has 0 radical (unpaired) electrons. The Hall–Kier alpha value is -2.26. The molecule has 0 amide bonds. The molecule has 108 valence electrons. The second kappa shape index (κ2) is 6.02. The van der Waals surface area contributed by atoms with Crippen LogP contribution in [0.1, 0.15) is 18.9 Å². The molecule has 3 aromatic rings. The predicted octanol–water partition coefficient (Wildman–Crippen LogP) is 4.34. The van der Waals surface area contributed by atoms with Gasteiger partial charge in [-0.3, -0.25) is 0 Å². The molecule has 0 unspecified atom stereocenters. The van der Waals surface area contributed by atoms with Crippen molar-refractivity contribution in [3.05, 3.63) is 54.1 Å². The second-order valence-corrected chi connectivity index (χ2v) is 5.25. The fourth-order valence-electron chi connectivity index (χ4n) is 2.53. The summed E-state index contributed by atoms with van der Waals surface area (Å²) >= 11 is 0. The van der Waals surface area contributed by atoms with Gasteiger partial charge in [-0.15, -0.1) is 0 Å². The summed E-state index contributed by atoms with van der Waals surface area (Å²) in [6.45, 7) is 3.50. The Balaban J connectivity index is 1.95. The SMILES string of the molecule is CCCOCc1cc(N)c2[nH]c(-c3ccccc3)cc2c1. The summed E-state index contributed by atoms with van der Waals surface area (Å²) in [5.74, 6) is 0. The lowest BCUT2D eigenvalue weighted by Crippen LogP contribution is -1.96. The van der Waals surface area contributed by atoms with Crippen LogP contribution in [0.2, 0.25) is 0 Å². The molecule has 3 N–H and O–H groups in total. The van der Waals surface area contributed by atoms with E-state index in [1.54, 1.807) is 0 Å². The maximum atomic E-state index is 6.17. The standard InChI is InChI=1S/C18H20N2O/c1-2-8-21-12-13-9-15-11-17(14-6-4-3-5-7-14)20-18(15)16(19)10-13/h3-7,9-11,20H,2,8,12,19H2,1H3. The van der Waals surface area contributed by atoms with E-state index >= 15 is 0 Å². The van der Waals surface area contributed by atoms with Gasteiger partial charge in [0.2, 0.25) is 0 Å². The smallest absolute Gasteiger partial charge is 0.0717 e. The number of aromatic nitrogens is 1. The average molecular weight is 280 g/mol. The van der Waals surface area contributed by atoms with Gasteiger partial charge in [-0.1, -0.05) is 37.3 Å². The topological polar surface area (TPSA) is 51.0 Å². The van der Waals surface area contributed by atoms with Crippen LogP contribution < -0.4 is 5.73 Å². The van der Waals surface area contributed by atoms with Crippen molar-refractivity contribution in [2.45, 2.75) is 20.0 Å². The van der Waals surface area contributed by atoms with Crippen LogP contribution in [0, 0.1) is 0 Å². The Bertz CT molecular complexity index is 732. The molecule has 0 aliphatic heterocycles. The molecule has 0 bridgehead atoms. The van der Waals surface area contributed by atoms with Crippen LogP contribution in [0.15, 0.2) is 48.5 Å². The first kappa shape index (κ1) is 13.7. The van der Waals surface area contributed by atoms with E-state index in [-0.39, 0.29) is 0 Å². The highest BCUT2D eigenvalue weighted by atomic mass is 16.5. The summed E-state index contributed by atoms with van der Waals surface area (Å²) in [6.07, 6.45) is 1.03. The number of fused-ring (bicyclic) bond motifs is 1. The highest BCUT2D eigenvalue weighted by Crippen LogP contribution is 2.28. The third-order valence-electron chi connectivity index (χ3n) is 3.52. The number of anilines is 1. The highest BCUT2D eigenvalue weighted by Gasteiger charge is 2.07. The monoisotopic (exact) mass is 280 g/mol. The number of nitrogens with one attached hydrogen (secondary N) is 1. The molecule has 2 aromatic carbocycles. The van der Waals surface area contributed by atoms with Crippen molar-refractivity contribution in [3.63, 3.8) is 0 Å². The molecular weight excluding hydrogens is 260 g/mol. The zero-order valence-corrected chi connectivity index (χ0v) is 12.2. The Morgan fingerprint density at radius 3 is 2.67 bits per heavy atom. The van der Waals surface area contributed by atoms with Gasteiger partial charge >= 0.3 is 0 Å². The molecule has 1 heterocycles. The normalized spacial score (nSPS) is 11.1. The fourth-order valence-corrected chi connectivity index (χ4v) is 2.53. The van der Waals surface area contributed by atoms with Crippen LogP contribution in [0.5, 0.6) is 0 Å². The summed E-state index contributed by atoms with van der Waals surface area (Å²) in [6, 6.07) is 16.5. The van der Waals surface area contributed by atoms with Crippen molar-refractivity contribution in [1.29, 1.82) is 0 Å². The molecule has 0 fully saturated rings. The molecule has 0 saturated heterocycles. The molecule has 21 heavy (non-hydrogen) atoms. The maximum Gasteiger partial charge on any atom is 0.0717 e. The molecule has 3 nitrogen and oxygen atoms in total. The number of ether oxygens (including phenoxy) is 1. The lowest BCUT2D eigenvalue weighted by molar-refractivity contribution is 0.121. The van der Waals surface area contributed by atoms with E-state index in [0.29, 0.717) is 6.61 Å². The van der Waals surface area contributed by atoms with Gasteiger partial charge in [-0.25, -0.2) is 0 Å². The molecule has 0 saturated carbocycles. The van der Waals surface area contributed by atoms with Crippen LogP contribution in [-0.4, -0.2) is 11.6 Å². The second-order valence-electron chi connectivity index (χ2n) is 5.25. The molecule has 0 aliphatic carbocycles. The molecule has 3 rings (SSSR count). The number of nitrogens with two attached hydrogens (primary N) is 1. The largest absolute Gasteiger partial charge is 0.397 e. The zero-order chi connectivity index (χ0) is 14.7. The van der Waals surface area contributed by atoms with Crippen LogP contribution in [0.4, 0.5) is 5.69 Å². The number of hydrogen-bond donors (Lipinski definition) is 2. The van der Waals surface area contributed by atoms with E-state index in [1.807, 2.05) is 24.3 Å². The first-order valence-corrected chi connectivity index (χ1v) is 7.32. The van der Waals surface area contributed by atoms with Gasteiger partial charge in [0.1, 0.15) is 0 Å². The Labute approximate surface area is 124 Å². The zero-order valence-electron chi connectivity index (χ0n) is 12.2. The van der Waals surface area contributed by atoms with E-state index in [4.69, 9.17) is 10.5 Å². The summed E-state index contributed by atoms with van der Waals surface area (Å²) in [5, 5.41) is 1.13. The van der Waals surface area contributed by atoms with E-state index in [2.05, 4.69) is 36.2 Å². The van der Waals surface area contributed by atoms with Gasteiger partial charge < -0.3 is 15.5 Å². The first-order valence-electron chi connectivity index (χ1n) is 7.32. The minimum atomic E-state index is 0.611. The van der Waals surface area contributed by atoms with Crippen LogP contribution in [0.3, 0.4) is 0 Å². The van der Waals surface area contributed by atoms with Gasteiger partial charge in [0, 0.05) is 17.7 Å². The quantitative estimate of drug-likeness (QED) is 0.539. The summed E-state index contributed by atoms with van der Waals surface area (Å²) in [5.41, 5.74) is 11.3. The van der Waals surface area contributed by atoms with Crippen molar-refractivity contribution < 1.29 is 4.74 Å². The Morgan fingerprint density at radius 1 is 1.10 bits per heavy atom. The van der Waals surface area contributed by atoms with E-state index in [9.17, 15) is 0 Å². The number of benzene rings is 2. The number of hydrogen-bond acceptors (Lipinski definition) is 2. The van der Waals surface area contributed by atoms with Crippen molar-refractivity contribution in [2.75, 3.05) is 12.3 Å². The third-order valence-corrected chi connectivity index (χ3v) is 3.52. The maximum absolute atomic E-state index is 6.17. The molecule has 3 heteroatoms. The predicted molar refractivity (Wildman–Crippen MR) is 88.1 cm³/mol. The van der Waals surface area contributed by atoms with E-state index in [0.717, 1.165) is 46.4 Å². The molecule has 0 atom stereocenters. The van der Waals surface area contributed by atoms with E-state index in [1.165, 1.54) is 0 Å². The first-order chi connectivity index (χ1) is 10.3. The van der Waals surface area contributed by atoms with Gasteiger partial charge in [0.25, 0.3) is 0 Å². The molecular formula is C18H20N2O. The van der Waals surface area contributed by atoms with E-state index < -0.39 is 0 Å². The minimum Gasteiger partial charge on any atom is -0.397 e. The minimum absolute atomic E-state index is 0.611. The van der Waals surface area contributed by atoms with Gasteiger partial charge in [-0.05, 0) is 35.7 Å². The molecule has 0 spiro atoms. The Kier molecular flexibility index (Phi) is 3.93. The van der Waals surface area contributed by atoms with Crippen molar-refractivity contribution in [1.82, 2.24) is 4.98 Å². The van der Waals surface area contributed by atoms with Crippen LogP contribution in [0.25, 0.3) is 22.2 Å². The van der Waals surface area contributed by atoms with Crippen LogP contribution in [-0.2, 0) is 11.3 Å². The lowest BCUT2D eigenvalue weighted by atomic mass is 10.1. The molecule has 0 aliphatic rings. The van der Waals surface area contributed by atoms with Gasteiger partial charge in [-0.2, -0.15) is 0 Å². The number of rotatable bonds is 5. The fraction of sp³-hybridized carbons (Fsp3) is 0.222. The van der Waals surface area contributed by atoms with Crippen molar-refractivity contribution in [2.24, 2.45) is 0 Å². The summed E-state index contributed by atoms with van der Waals surface area (Å²) < 4.78 is 5.60.